The number of nitrogens with two attached hydrogens (primary N) is 1. The molecule has 3 heteroatoms. The van der Waals surface area contributed by atoms with Crippen LogP contribution in [0.4, 0.5) is 0 Å². The maximum absolute atomic E-state index is 7.19. The second kappa shape index (κ2) is 2.43. The summed E-state index contributed by atoms with van der Waals surface area (Å²) in [4.78, 5) is 0. The molecule has 0 amide bonds. The number of hydrogen-bond donors (Lipinski definition) is 2. The van der Waals surface area contributed by atoms with Crippen molar-refractivity contribution >= 4 is 34.0 Å². The van der Waals surface area contributed by atoms with Gasteiger partial charge in [-0.3, -0.25) is 10.8 Å². The first-order valence-electron chi connectivity index (χ1n) is 2.47. The molecule has 1 aliphatic carbocycles. The van der Waals surface area contributed by atoms with E-state index in [1.54, 1.807) is 12.2 Å². The number of nitrogens with one attached hydrogen (secondary N) is 1. The molecule has 3 N–H and O–H groups in total. The van der Waals surface area contributed by atoms with E-state index < -0.39 is 0 Å². The predicted molar refractivity (Wildman–Crippen MR) is 45.9 cm³/mol. The van der Waals surface area contributed by atoms with Crippen LogP contribution in [-0.4, -0.2) is 11.4 Å². The molecule has 0 aromatic carbocycles. The summed E-state index contributed by atoms with van der Waals surface area (Å²) < 4.78 is 1.07. The number of hydrogen-bond acceptors (Lipinski definition) is 1. The van der Waals surface area contributed by atoms with Crippen LogP contribution >= 0.6 is 22.6 Å². The van der Waals surface area contributed by atoms with Gasteiger partial charge in [-0.15, -0.1) is 0 Å². The van der Waals surface area contributed by atoms with E-state index in [1.165, 1.54) is 0 Å². The topological polar surface area (TPSA) is 49.4 Å². The third kappa shape index (κ3) is 1.48. The summed E-state index contributed by atoms with van der Waals surface area (Å²) in [5, 5.41) is 12.6. The fraction of sp³-hybridized carbons (Fsp3) is 0. The van der Waals surface area contributed by atoms with Crippen LogP contribution in [0.1, 0.15) is 0 Å². The molecule has 9 heavy (non-hydrogen) atoms. The Labute approximate surface area is 66.8 Å². The number of rotatable bonds is 0. The molecular formula is C6H6IN2+. The summed E-state index contributed by atoms with van der Waals surface area (Å²) in [6.45, 7) is 0. The molecule has 0 radical (unpaired) electrons. The predicted octanol–water partition coefficient (Wildman–Crippen LogP) is 0.0950. The minimum absolute atomic E-state index is 0.399. The standard InChI is InChI=1S/C6H5IN2/c7-4-1-2-5(8)6(9)3-4/h1-3,8-9H/p+1. The van der Waals surface area contributed by atoms with Crippen LogP contribution < -0.4 is 5.41 Å². The highest BCUT2D eigenvalue weighted by molar-refractivity contribution is 14.1. The van der Waals surface area contributed by atoms with Gasteiger partial charge in [-0.2, -0.15) is 0 Å². The number of allylic oxidation sites excluding steroid dienone is 4. The fourth-order valence-electron chi connectivity index (χ4n) is 0.534. The minimum atomic E-state index is 0.399. The molecule has 0 spiro atoms. The van der Waals surface area contributed by atoms with Crippen LogP contribution in [0, 0.1) is 5.41 Å². The Bertz CT molecular complexity index is 225. The van der Waals surface area contributed by atoms with Gasteiger partial charge < -0.3 is 0 Å². The van der Waals surface area contributed by atoms with Gasteiger partial charge in [0.1, 0.15) is 5.71 Å². The first-order valence-corrected chi connectivity index (χ1v) is 3.54. The van der Waals surface area contributed by atoms with Crippen molar-refractivity contribution < 1.29 is 5.41 Å². The molecule has 0 fully saturated rings. The molecule has 0 saturated heterocycles. The molecule has 0 bridgehead atoms. The van der Waals surface area contributed by atoms with Gasteiger partial charge in [-0.25, -0.2) is 0 Å². The Morgan fingerprint density at radius 1 is 1.44 bits per heavy atom. The molecule has 2 nitrogen and oxygen atoms in total. The zero-order valence-electron chi connectivity index (χ0n) is 4.69. The van der Waals surface area contributed by atoms with E-state index in [9.17, 15) is 0 Å². The van der Waals surface area contributed by atoms with E-state index in [-0.39, 0.29) is 0 Å². The van der Waals surface area contributed by atoms with Crippen molar-refractivity contribution in [3.63, 3.8) is 0 Å². The van der Waals surface area contributed by atoms with E-state index >= 15 is 0 Å². The second-order valence-electron chi connectivity index (χ2n) is 1.73. The van der Waals surface area contributed by atoms with Crippen LogP contribution in [0.3, 0.4) is 0 Å². The Morgan fingerprint density at radius 3 is 2.56 bits per heavy atom. The lowest BCUT2D eigenvalue weighted by molar-refractivity contribution is -0.108. The Balaban J connectivity index is 2.95. The molecule has 0 aliphatic heterocycles. The van der Waals surface area contributed by atoms with Crippen molar-refractivity contribution in [1.29, 1.82) is 5.41 Å². The first-order chi connectivity index (χ1) is 4.20. The van der Waals surface area contributed by atoms with Gasteiger partial charge in [-0.1, -0.05) is 0 Å². The van der Waals surface area contributed by atoms with E-state index in [4.69, 9.17) is 10.8 Å². The van der Waals surface area contributed by atoms with Crippen molar-refractivity contribution in [3.8, 4) is 0 Å². The normalized spacial score (nSPS) is 18.1. The first kappa shape index (κ1) is 6.67. The largest absolute Gasteiger partial charge is 0.295 e. The van der Waals surface area contributed by atoms with Gasteiger partial charge >= 0.3 is 0 Å². The van der Waals surface area contributed by atoms with Gasteiger partial charge in [0.15, 0.2) is 0 Å². The van der Waals surface area contributed by atoms with Gasteiger partial charge in [-0.05, 0) is 34.7 Å². The van der Waals surface area contributed by atoms with Crippen LogP contribution in [0.2, 0.25) is 0 Å². The molecule has 0 saturated carbocycles. The van der Waals surface area contributed by atoms with Gasteiger partial charge in [0.05, 0.1) is 0 Å². The molecule has 1 rings (SSSR count). The lowest BCUT2D eigenvalue weighted by Gasteiger charge is -1.96. The van der Waals surface area contributed by atoms with Crippen molar-refractivity contribution in [3.05, 3.63) is 21.8 Å². The Morgan fingerprint density at radius 2 is 2.11 bits per heavy atom. The van der Waals surface area contributed by atoms with Gasteiger partial charge in [0.2, 0.25) is 5.71 Å². The highest BCUT2D eigenvalue weighted by atomic mass is 127. The van der Waals surface area contributed by atoms with E-state index in [0.717, 1.165) is 3.58 Å². The van der Waals surface area contributed by atoms with Crippen LogP contribution in [0.25, 0.3) is 0 Å². The molecule has 0 unspecified atom stereocenters. The van der Waals surface area contributed by atoms with Crippen LogP contribution in [0.15, 0.2) is 21.8 Å². The smallest absolute Gasteiger partial charge is 0.222 e. The maximum atomic E-state index is 7.19. The molecular weight excluding hydrogens is 227 g/mol. The second-order valence-corrected chi connectivity index (χ2v) is 2.98. The van der Waals surface area contributed by atoms with E-state index in [1.807, 2.05) is 6.08 Å². The van der Waals surface area contributed by atoms with E-state index in [0.29, 0.717) is 11.4 Å². The average Bonchev–Trinajstić information content (AvgIpc) is 1.80. The molecule has 0 atom stereocenters. The molecule has 0 aromatic heterocycles. The molecule has 0 aromatic rings. The summed E-state index contributed by atoms with van der Waals surface area (Å²) >= 11 is 2.16. The monoisotopic (exact) mass is 233 g/mol. The third-order valence-corrected chi connectivity index (χ3v) is 1.68. The summed E-state index contributed by atoms with van der Waals surface area (Å²) in [6, 6.07) is 0. The Kier molecular flexibility index (Phi) is 1.80. The fourth-order valence-corrected chi connectivity index (χ4v) is 1.05. The maximum Gasteiger partial charge on any atom is 0.222 e. The molecule has 0 heterocycles. The zero-order valence-corrected chi connectivity index (χ0v) is 6.84. The third-order valence-electron chi connectivity index (χ3n) is 1.01. The number of halogens is 1. The van der Waals surface area contributed by atoms with Crippen LogP contribution in [0.5, 0.6) is 0 Å². The lowest BCUT2D eigenvalue weighted by atomic mass is 10.1. The zero-order chi connectivity index (χ0) is 6.85. The molecule has 1 aliphatic rings. The average molecular weight is 233 g/mol. The quantitative estimate of drug-likeness (QED) is 0.440. The Hall–Kier alpha value is -0.450. The van der Waals surface area contributed by atoms with Crippen LogP contribution in [-0.2, 0) is 0 Å². The minimum Gasteiger partial charge on any atom is -0.295 e. The van der Waals surface area contributed by atoms with E-state index in [2.05, 4.69) is 22.6 Å². The van der Waals surface area contributed by atoms with Crippen molar-refractivity contribution in [2.75, 3.05) is 0 Å². The van der Waals surface area contributed by atoms with Crippen molar-refractivity contribution in [1.82, 2.24) is 0 Å². The van der Waals surface area contributed by atoms with Gasteiger partial charge in [0.25, 0.3) is 0 Å². The summed E-state index contributed by atoms with van der Waals surface area (Å²) in [5.74, 6) is 0. The van der Waals surface area contributed by atoms with Crippen molar-refractivity contribution in [2.24, 2.45) is 0 Å². The lowest BCUT2D eigenvalue weighted by Crippen LogP contribution is -2.43. The SMILES string of the molecule is N=C1C=CC(I)=CC1=[NH2+]. The summed E-state index contributed by atoms with van der Waals surface area (Å²) in [6.07, 6.45) is 5.33. The van der Waals surface area contributed by atoms with Crippen molar-refractivity contribution in [2.45, 2.75) is 0 Å². The summed E-state index contributed by atoms with van der Waals surface area (Å²) in [5.41, 5.74) is 0.942. The molecule has 46 valence electrons. The summed E-state index contributed by atoms with van der Waals surface area (Å²) in [7, 11) is 0. The van der Waals surface area contributed by atoms with Gasteiger partial charge in [0, 0.05) is 9.66 Å². The highest BCUT2D eigenvalue weighted by Crippen LogP contribution is 2.10. The highest BCUT2D eigenvalue weighted by Gasteiger charge is 2.08.